The van der Waals surface area contributed by atoms with Gasteiger partial charge in [-0.3, -0.25) is 0 Å². The van der Waals surface area contributed by atoms with E-state index in [2.05, 4.69) is 213 Å². The summed E-state index contributed by atoms with van der Waals surface area (Å²) >= 11 is 0. The Morgan fingerprint density at radius 3 is 1.75 bits per heavy atom. The Kier molecular flexibility index (Phi) is 8.06. The van der Waals surface area contributed by atoms with E-state index >= 15 is 0 Å². The molecule has 59 heavy (non-hydrogen) atoms. The first-order valence-corrected chi connectivity index (χ1v) is 20.4. The van der Waals surface area contributed by atoms with E-state index in [1.54, 1.807) is 0 Å². The van der Waals surface area contributed by atoms with Gasteiger partial charge in [0.1, 0.15) is 0 Å². The van der Waals surface area contributed by atoms with Crippen LogP contribution in [-0.2, 0) is 5.41 Å². The molecule has 0 saturated carbocycles. The van der Waals surface area contributed by atoms with Crippen LogP contribution in [0.3, 0.4) is 0 Å². The molecular weight excluding hydrogens is 715 g/mol. The van der Waals surface area contributed by atoms with Crippen LogP contribution in [0.15, 0.2) is 194 Å². The Hall–Kier alpha value is -7.36. The Morgan fingerprint density at radius 1 is 0.407 bits per heavy atom. The van der Waals surface area contributed by atoms with Gasteiger partial charge in [0.05, 0.1) is 22.4 Å². The van der Waals surface area contributed by atoms with Gasteiger partial charge >= 0.3 is 0 Å². The van der Waals surface area contributed by atoms with Crippen LogP contribution in [0.5, 0.6) is 0 Å². The normalized spacial score (nSPS) is 12.8. The number of hydrogen-bond donors (Lipinski definition) is 0. The third-order valence-electron chi connectivity index (χ3n) is 12.4. The van der Waals surface area contributed by atoms with Crippen LogP contribution in [0.1, 0.15) is 30.5 Å². The summed E-state index contributed by atoms with van der Waals surface area (Å²) in [7, 11) is 0. The van der Waals surface area contributed by atoms with Crippen molar-refractivity contribution in [2.45, 2.75) is 26.2 Å². The van der Waals surface area contributed by atoms with Crippen LogP contribution in [0.2, 0.25) is 0 Å². The van der Waals surface area contributed by atoms with Crippen LogP contribution in [0.25, 0.3) is 94.8 Å². The Balaban J connectivity index is 1.02. The molecule has 2 heterocycles. The second-order valence-corrected chi connectivity index (χ2v) is 16.2. The molecule has 1 aliphatic rings. The van der Waals surface area contributed by atoms with Gasteiger partial charge < -0.3 is 4.57 Å². The van der Waals surface area contributed by atoms with Crippen LogP contribution in [0, 0.1) is 6.92 Å². The van der Waals surface area contributed by atoms with Gasteiger partial charge in [0, 0.05) is 44.1 Å². The highest BCUT2D eigenvalue weighted by atomic mass is 15.0. The molecule has 0 atom stereocenters. The van der Waals surface area contributed by atoms with Crippen molar-refractivity contribution in [3.63, 3.8) is 0 Å². The summed E-state index contributed by atoms with van der Waals surface area (Å²) in [6.45, 7) is 6.89. The molecule has 0 bridgehead atoms. The monoisotopic (exact) mass is 755 g/mol. The van der Waals surface area contributed by atoms with E-state index in [9.17, 15) is 0 Å². The molecule has 0 unspecified atom stereocenters. The smallest absolute Gasteiger partial charge is 0.160 e. The SMILES string of the molecule is Cc1c(-c2ccccc2)nc(-c2ccccc2)nc1-c1cccc2c1-c1ccc(-c3cccc(-c4ccc5c(c4)c4ccccc4n5-c4ccccc4)c3)cc1C2(C)C. The largest absolute Gasteiger partial charge is 0.309 e. The molecule has 2 aromatic heterocycles. The van der Waals surface area contributed by atoms with Crippen LogP contribution < -0.4 is 0 Å². The molecule has 0 amide bonds. The lowest BCUT2D eigenvalue weighted by Crippen LogP contribution is -2.15. The molecule has 3 nitrogen and oxygen atoms in total. The third kappa shape index (κ3) is 5.65. The molecule has 11 rings (SSSR count). The van der Waals surface area contributed by atoms with Crippen molar-refractivity contribution in [1.29, 1.82) is 0 Å². The van der Waals surface area contributed by atoms with Crippen molar-refractivity contribution < 1.29 is 0 Å². The topological polar surface area (TPSA) is 30.7 Å². The fourth-order valence-electron chi connectivity index (χ4n) is 9.42. The number of para-hydroxylation sites is 2. The van der Waals surface area contributed by atoms with Crippen LogP contribution >= 0.6 is 0 Å². The average Bonchev–Trinajstić information content (AvgIpc) is 3.75. The average molecular weight is 756 g/mol. The molecule has 0 radical (unpaired) electrons. The summed E-state index contributed by atoms with van der Waals surface area (Å²) in [5.74, 6) is 0.733. The number of benzene rings is 8. The van der Waals surface area contributed by atoms with Crippen molar-refractivity contribution >= 4 is 21.8 Å². The molecule has 8 aromatic carbocycles. The molecule has 1 aliphatic carbocycles. The zero-order valence-electron chi connectivity index (χ0n) is 33.3. The van der Waals surface area contributed by atoms with Gasteiger partial charge in [-0.2, -0.15) is 0 Å². The number of rotatable bonds is 6. The number of fused-ring (bicyclic) bond motifs is 6. The highest BCUT2D eigenvalue weighted by Crippen LogP contribution is 2.53. The quantitative estimate of drug-likeness (QED) is 0.169. The van der Waals surface area contributed by atoms with Crippen molar-refractivity contribution in [1.82, 2.24) is 14.5 Å². The van der Waals surface area contributed by atoms with E-state index in [0.29, 0.717) is 0 Å². The Bertz CT molecular complexity index is 3230. The lowest BCUT2D eigenvalue weighted by molar-refractivity contribution is 0.660. The van der Waals surface area contributed by atoms with Gasteiger partial charge in [-0.05, 0) is 93.9 Å². The molecule has 10 aromatic rings. The van der Waals surface area contributed by atoms with E-state index < -0.39 is 0 Å². The summed E-state index contributed by atoms with van der Waals surface area (Å²) in [6.07, 6.45) is 0. The summed E-state index contributed by atoms with van der Waals surface area (Å²) in [5, 5.41) is 2.51. The first-order valence-electron chi connectivity index (χ1n) is 20.4. The summed E-state index contributed by atoms with van der Waals surface area (Å²) in [4.78, 5) is 10.5. The molecule has 0 saturated heterocycles. The summed E-state index contributed by atoms with van der Waals surface area (Å²) < 4.78 is 2.37. The molecule has 0 fully saturated rings. The zero-order valence-corrected chi connectivity index (χ0v) is 33.3. The maximum absolute atomic E-state index is 5.34. The van der Waals surface area contributed by atoms with Gasteiger partial charge in [-0.15, -0.1) is 0 Å². The fraction of sp³-hybridized carbons (Fsp3) is 0.0714. The van der Waals surface area contributed by atoms with Crippen molar-refractivity contribution in [3.05, 3.63) is 211 Å². The molecular formula is C56H41N3. The minimum atomic E-state index is -0.211. The first-order chi connectivity index (χ1) is 28.9. The Morgan fingerprint density at radius 2 is 0.983 bits per heavy atom. The number of nitrogens with zero attached hydrogens (tertiary/aromatic N) is 3. The third-order valence-corrected chi connectivity index (χ3v) is 12.4. The summed E-state index contributed by atoms with van der Waals surface area (Å²) in [5.41, 5.74) is 19.6. The Labute approximate surface area is 345 Å². The zero-order chi connectivity index (χ0) is 39.7. The predicted molar refractivity (Wildman–Crippen MR) is 246 cm³/mol. The predicted octanol–water partition coefficient (Wildman–Crippen LogP) is 14.5. The van der Waals surface area contributed by atoms with Crippen LogP contribution in [-0.4, -0.2) is 14.5 Å². The van der Waals surface area contributed by atoms with Gasteiger partial charge in [0.25, 0.3) is 0 Å². The minimum Gasteiger partial charge on any atom is -0.309 e. The molecule has 0 spiro atoms. The molecule has 280 valence electrons. The molecule has 3 heteroatoms. The lowest BCUT2D eigenvalue weighted by atomic mass is 9.81. The van der Waals surface area contributed by atoms with Gasteiger partial charge in [0.15, 0.2) is 5.82 Å². The van der Waals surface area contributed by atoms with E-state index in [-0.39, 0.29) is 5.41 Å². The summed E-state index contributed by atoms with van der Waals surface area (Å²) in [6, 6.07) is 69.9. The standard InChI is InChI=1S/C56H41N3/c1-36-53(37-17-7-4-8-18-37)57-55(38-19-9-5-10-20-38)58-54(36)46-26-16-27-48-52(46)45-31-29-42(35-49(45)56(48,2)3)40-22-15-21-39(33-40)41-30-32-51-47(34-41)44-25-13-14-28-50(44)59(51)43-23-11-6-12-24-43/h4-35H,1-3H3. The van der Waals surface area contributed by atoms with E-state index in [1.165, 1.54) is 72.0 Å². The maximum atomic E-state index is 5.34. The second kappa shape index (κ2) is 13.6. The van der Waals surface area contributed by atoms with E-state index in [1.807, 2.05) is 6.07 Å². The van der Waals surface area contributed by atoms with Crippen molar-refractivity contribution in [2.24, 2.45) is 0 Å². The fourth-order valence-corrected chi connectivity index (χ4v) is 9.42. The first kappa shape index (κ1) is 34.9. The molecule has 0 N–H and O–H groups in total. The van der Waals surface area contributed by atoms with Crippen molar-refractivity contribution in [2.75, 3.05) is 0 Å². The van der Waals surface area contributed by atoms with E-state index in [0.717, 1.165) is 39.5 Å². The van der Waals surface area contributed by atoms with Crippen LogP contribution in [0.4, 0.5) is 0 Å². The van der Waals surface area contributed by atoms with Gasteiger partial charge in [0.2, 0.25) is 0 Å². The highest BCUT2D eigenvalue weighted by molar-refractivity contribution is 6.10. The van der Waals surface area contributed by atoms with Gasteiger partial charge in [-0.1, -0.05) is 166 Å². The van der Waals surface area contributed by atoms with E-state index in [4.69, 9.17) is 9.97 Å². The van der Waals surface area contributed by atoms with Gasteiger partial charge in [-0.25, -0.2) is 9.97 Å². The number of hydrogen-bond acceptors (Lipinski definition) is 2. The van der Waals surface area contributed by atoms with Crippen molar-refractivity contribution in [3.8, 4) is 73.0 Å². The minimum absolute atomic E-state index is 0.211. The second-order valence-electron chi connectivity index (χ2n) is 16.2. The lowest BCUT2D eigenvalue weighted by Gasteiger charge is -2.22. The highest BCUT2D eigenvalue weighted by Gasteiger charge is 2.38. The maximum Gasteiger partial charge on any atom is 0.160 e. The number of aromatic nitrogens is 3. The molecule has 0 aliphatic heterocycles.